The van der Waals surface area contributed by atoms with Gasteiger partial charge in [0.1, 0.15) is 0 Å². The van der Waals surface area contributed by atoms with Gasteiger partial charge in [0.2, 0.25) is 0 Å². The van der Waals surface area contributed by atoms with E-state index < -0.39 is 10.8 Å². The Bertz CT molecular complexity index is 386. The van der Waals surface area contributed by atoms with E-state index in [9.17, 15) is 4.79 Å². The standard InChI is InChI=1S/C10H10Cl2N2O/c1-6(13)10(14,9(12)15)7-2-4-8(11)5-3-7/h2-5,13H,14H2,1H3. The Morgan fingerprint density at radius 1 is 1.40 bits per heavy atom. The van der Waals surface area contributed by atoms with Crippen LogP contribution in [-0.2, 0) is 10.3 Å². The molecule has 1 rings (SSSR count). The molecule has 0 aliphatic rings. The Morgan fingerprint density at radius 2 is 1.87 bits per heavy atom. The summed E-state index contributed by atoms with van der Waals surface area (Å²) in [6.07, 6.45) is 0. The van der Waals surface area contributed by atoms with Gasteiger partial charge in [0.15, 0.2) is 5.54 Å². The molecule has 15 heavy (non-hydrogen) atoms. The minimum Gasteiger partial charge on any atom is -0.309 e. The summed E-state index contributed by atoms with van der Waals surface area (Å²) >= 11 is 11.1. The lowest BCUT2D eigenvalue weighted by atomic mass is 9.88. The lowest BCUT2D eigenvalue weighted by Gasteiger charge is -2.24. The van der Waals surface area contributed by atoms with Crippen LogP contribution in [-0.4, -0.2) is 11.0 Å². The Balaban J connectivity index is 3.28. The molecule has 1 aromatic carbocycles. The molecule has 1 aromatic rings. The normalized spacial score (nSPS) is 14.4. The van der Waals surface area contributed by atoms with Crippen LogP contribution in [0.3, 0.4) is 0 Å². The number of rotatable bonds is 3. The molecule has 0 saturated heterocycles. The minimum atomic E-state index is -1.56. The van der Waals surface area contributed by atoms with Crippen molar-refractivity contribution in [3.8, 4) is 0 Å². The third kappa shape index (κ3) is 2.20. The number of nitrogens with two attached hydrogens (primary N) is 1. The highest BCUT2D eigenvalue weighted by Crippen LogP contribution is 2.24. The van der Waals surface area contributed by atoms with E-state index in [1.54, 1.807) is 24.3 Å². The molecular weight excluding hydrogens is 235 g/mol. The van der Waals surface area contributed by atoms with Crippen LogP contribution in [0.2, 0.25) is 5.02 Å². The second-order valence-corrected chi connectivity index (χ2v) is 3.99. The second-order valence-electron chi connectivity index (χ2n) is 3.21. The number of halogens is 2. The maximum absolute atomic E-state index is 11.3. The van der Waals surface area contributed by atoms with Gasteiger partial charge >= 0.3 is 0 Å². The van der Waals surface area contributed by atoms with Crippen LogP contribution in [0, 0.1) is 5.41 Å². The van der Waals surface area contributed by atoms with Gasteiger partial charge in [0.05, 0.1) is 0 Å². The first-order valence-corrected chi connectivity index (χ1v) is 4.95. The van der Waals surface area contributed by atoms with Crippen LogP contribution in [0.4, 0.5) is 0 Å². The second kappa shape index (κ2) is 4.31. The van der Waals surface area contributed by atoms with Crippen molar-refractivity contribution in [3.05, 3.63) is 34.9 Å². The van der Waals surface area contributed by atoms with Crippen molar-refractivity contribution in [2.24, 2.45) is 5.73 Å². The molecule has 3 N–H and O–H groups in total. The molecule has 1 unspecified atom stereocenters. The van der Waals surface area contributed by atoms with E-state index in [-0.39, 0.29) is 5.71 Å². The fourth-order valence-corrected chi connectivity index (χ4v) is 1.57. The Kier molecular flexibility index (Phi) is 3.50. The van der Waals surface area contributed by atoms with Crippen LogP contribution in [0.15, 0.2) is 24.3 Å². The lowest BCUT2D eigenvalue weighted by Crippen LogP contribution is -2.48. The van der Waals surface area contributed by atoms with E-state index in [0.29, 0.717) is 10.6 Å². The fourth-order valence-electron chi connectivity index (χ4n) is 1.19. The Hall–Kier alpha value is -0.900. The number of hydrogen-bond acceptors (Lipinski definition) is 3. The van der Waals surface area contributed by atoms with Crippen LogP contribution < -0.4 is 5.73 Å². The number of carbonyl (C=O) groups is 1. The molecule has 0 spiro atoms. The number of carbonyl (C=O) groups excluding carboxylic acids is 1. The number of hydrogen-bond donors (Lipinski definition) is 2. The predicted octanol–water partition coefficient (Wildman–Crippen LogP) is 2.30. The first-order valence-electron chi connectivity index (χ1n) is 4.19. The molecular formula is C10H10Cl2N2O. The van der Waals surface area contributed by atoms with Crippen LogP contribution >= 0.6 is 23.2 Å². The molecule has 80 valence electrons. The molecule has 0 radical (unpaired) electrons. The highest BCUT2D eigenvalue weighted by molar-refractivity contribution is 6.67. The summed E-state index contributed by atoms with van der Waals surface area (Å²) in [7, 11) is 0. The molecule has 1 atom stereocenters. The maximum Gasteiger partial charge on any atom is 0.251 e. The number of benzene rings is 1. The largest absolute Gasteiger partial charge is 0.309 e. The topological polar surface area (TPSA) is 66.9 Å². The molecule has 0 heterocycles. The van der Waals surface area contributed by atoms with Crippen molar-refractivity contribution in [1.29, 1.82) is 5.41 Å². The quantitative estimate of drug-likeness (QED) is 0.633. The molecule has 0 saturated carbocycles. The van der Waals surface area contributed by atoms with Gasteiger partial charge in [-0.05, 0) is 36.2 Å². The Labute approximate surface area is 97.7 Å². The lowest BCUT2D eigenvalue weighted by molar-refractivity contribution is -0.114. The van der Waals surface area contributed by atoms with Gasteiger partial charge in [-0.2, -0.15) is 0 Å². The summed E-state index contributed by atoms with van der Waals surface area (Å²) in [4.78, 5) is 11.3. The van der Waals surface area contributed by atoms with Gasteiger partial charge in [-0.3, -0.25) is 4.79 Å². The summed E-state index contributed by atoms with van der Waals surface area (Å²) in [5, 5.41) is 7.26. The third-order valence-electron chi connectivity index (χ3n) is 2.20. The molecule has 0 fully saturated rings. The zero-order valence-corrected chi connectivity index (χ0v) is 9.56. The van der Waals surface area contributed by atoms with Crippen molar-refractivity contribution in [1.82, 2.24) is 0 Å². The third-order valence-corrected chi connectivity index (χ3v) is 2.75. The van der Waals surface area contributed by atoms with Crippen LogP contribution in [0.25, 0.3) is 0 Å². The summed E-state index contributed by atoms with van der Waals surface area (Å²) < 4.78 is 0. The number of nitrogens with one attached hydrogen (secondary N) is 1. The van der Waals surface area contributed by atoms with Crippen LogP contribution in [0.5, 0.6) is 0 Å². The molecule has 5 heteroatoms. The molecule has 0 aromatic heterocycles. The minimum absolute atomic E-state index is 0.00942. The summed E-state index contributed by atoms with van der Waals surface area (Å²) in [5.41, 5.74) is 4.69. The maximum atomic E-state index is 11.3. The summed E-state index contributed by atoms with van der Waals surface area (Å²) in [5.74, 6) is 0. The Morgan fingerprint density at radius 3 is 2.20 bits per heavy atom. The monoisotopic (exact) mass is 244 g/mol. The molecule has 0 bridgehead atoms. The van der Waals surface area contributed by atoms with Crippen molar-refractivity contribution in [3.63, 3.8) is 0 Å². The van der Waals surface area contributed by atoms with E-state index in [2.05, 4.69) is 0 Å². The van der Waals surface area contributed by atoms with Gasteiger partial charge in [-0.25, -0.2) is 0 Å². The highest BCUT2D eigenvalue weighted by atomic mass is 35.5. The van der Waals surface area contributed by atoms with E-state index >= 15 is 0 Å². The van der Waals surface area contributed by atoms with Crippen molar-refractivity contribution in [2.45, 2.75) is 12.5 Å². The zero-order chi connectivity index (χ0) is 11.6. The zero-order valence-electron chi connectivity index (χ0n) is 8.05. The van der Waals surface area contributed by atoms with Crippen LogP contribution in [0.1, 0.15) is 12.5 Å². The van der Waals surface area contributed by atoms with Crippen molar-refractivity contribution in [2.75, 3.05) is 0 Å². The summed E-state index contributed by atoms with van der Waals surface area (Å²) in [6.45, 7) is 1.44. The highest BCUT2D eigenvalue weighted by Gasteiger charge is 2.37. The van der Waals surface area contributed by atoms with Gasteiger partial charge in [-0.1, -0.05) is 23.7 Å². The van der Waals surface area contributed by atoms with Gasteiger partial charge in [-0.15, -0.1) is 0 Å². The van der Waals surface area contributed by atoms with Gasteiger partial charge < -0.3 is 11.1 Å². The van der Waals surface area contributed by atoms with E-state index in [0.717, 1.165) is 0 Å². The first-order chi connectivity index (χ1) is 6.89. The fraction of sp³-hybridized carbons (Fsp3) is 0.200. The summed E-state index contributed by atoms with van der Waals surface area (Å²) in [6, 6.07) is 6.36. The van der Waals surface area contributed by atoms with Crippen molar-refractivity contribution >= 4 is 34.2 Å². The van der Waals surface area contributed by atoms with Gasteiger partial charge in [0, 0.05) is 10.7 Å². The smallest absolute Gasteiger partial charge is 0.251 e. The first kappa shape index (κ1) is 12.2. The molecule has 0 aliphatic carbocycles. The SMILES string of the molecule is CC(=N)C(N)(C(=O)Cl)c1ccc(Cl)cc1. The average molecular weight is 245 g/mol. The molecule has 0 amide bonds. The molecule has 0 aliphatic heterocycles. The van der Waals surface area contributed by atoms with E-state index in [1.165, 1.54) is 6.92 Å². The van der Waals surface area contributed by atoms with Gasteiger partial charge in [0.25, 0.3) is 5.24 Å². The average Bonchev–Trinajstić information content (AvgIpc) is 2.17. The van der Waals surface area contributed by atoms with Crippen molar-refractivity contribution < 1.29 is 4.79 Å². The van der Waals surface area contributed by atoms with E-state index in [4.69, 9.17) is 34.3 Å². The predicted molar refractivity (Wildman–Crippen MR) is 61.6 cm³/mol. The van der Waals surface area contributed by atoms with E-state index in [1.807, 2.05) is 0 Å². The molecule has 3 nitrogen and oxygen atoms in total.